The molecule has 11 heavy (non-hydrogen) atoms. The maximum Gasteiger partial charge on any atom is 0.213 e. The van der Waals surface area contributed by atoms with Gasteiger partial charge in [0, 0.05) is 12.7 Å². The molecule has 2 heteroatoms. The minimum Gasteiger partial charge on any atom is -0.318 e. The zero-order chi connectivity index (χ0) is 8.27. The van der Waals surface area contributed by atoms with Crippen LogP contribution >= 0.6 is 0 Å². The van der Waals surface area contributed by atoms with Gasteiger partial charge in [0.05, 0.1) is 0 Å². The zero-order valence-corrected chi connectivity index (χ0v) is 6.74. The molecule has 0 bridgehead atoms. The summed E-state index contributed by atoms with van der Waals surface area (Å²) in [6, 6.07) is 7.80. The quantitative estimate of drug-likeness (QED) is 0.585. The lowest BCUT2D eigenvalue weighted by Gasteiger charge is -2.09. The molecule has 1 aromatic carbocycles. The third-order valence-corrected chi connectivity index (χ3v) is 1.60. The van der Waals surface area contributed by atoms with E-state index in [0.29, 0.717) is 0 Å². The van der Waals surface area contributed by atoms with E-state index in [0.717, 1.165) is 12.1 Å². The molecule has 1 aromatic rings. The minimum atomic E-state index is 0.796. The Morgan fingerprint density at radius 3 is 2.27 bits per heavy atom. The van der Waals surface area contributed by atoms with Crippen molar-refractivity contribution in [2.45, 2.75) is 6.92 Å². The lowest BCUT2D eigenvalue weighted by molar-refractivity contribution is -0.107. The third-order valence-electron chi connectivity index (χ3n) is 1.60. The van der Waals surface area contributed by atoms with Crippen LogP contribution in [0.15, 0.2) is 24.3 Å². The monoisotopic (exact) mass is 149 g/mol. The van der Waals surface area contributed by atoms with Crippen molar-refractivity contribution in [2.75, 3.05) is 11.9 Å². The van der Waals surface area contributed by atoms with E-state index in [1.165, 1.54) is 5.56 Å². The largest absolute Gasteiger partial charge is 0.318 e. The van der Waals surface area contributed by atoms with Gasteiger partial charge in [-0.1, -0.05) is 17.7 Å². The molecule has 0 atom stereocenters. The van der Waals surface area contributed by atoms with Crippen LogP contribution in [0.25, 0.3) is 0 Å². The molecule has 58 valence electrons. The minimum absolute atomic E-state index is 0.796. The van der Waals surface area contributed by atoms with Crippen molar-refractivity contribution in [2.24, 2.45) is 0 Å². The second-order valence-electron chi connectivity index (χ2n) is 2.55. The van der Waals surface area contributed by atoms with Gasteiger partial charge < -0.3 is 4.90 Å². The average molecular weight is 149 g/mol. The van der Waals surface area contributed by atoms with Crippen LogP contribution < -0.4 is 4.90 Å². The summed E-state index contributed by atoms with van der Waals surface area (Å²) in [5.41, 5.74) is 2.12. The number of hydrogen-bond donors (Lipinski definition) is 0. The van der Waals surface area contributed by atoms with Crippen LogP contribution in [0, 0.1) is 6.92 Å². The normalized spacial score (nSPS) is 9.27. The van der Waals surface area contributed by atoms with Crippen molar-refractivity contribution in [3.8, 4) is 0 Å². The van der Waals surface area contributed by atoms with Crippen LogP contribution in [0.2, 0.25) is 0 Å². The highest BCUT2D eigenvalue weighted by Gasteiger charge is 1.95. The fraction of sp³-hybridized carbons (Fsp3) is 0.222. The molecular formula is C9H11NO. The summed E-state index contributed by atoms with van der Waals surface area (Å²) in [6.45, 7) is 2.02. The molecule has 0 N–H and O–H groups in total. The summed E-state index contributed by atoms with van der Waals surface area (Å²) in [6.07, 6.45) is 0.796. The molecular weight excluding hydrogens is 138 g/mol. The van der Waals surface area contributed by atoms with Gasteiger partial charge in [0.15, 0.2) is 0 Å². The standard InChI is InChI=1S/C9H11NO/c1-8-3-5-9(6-4-8)10(2)7-11/h3-7H,1-2H3. The van der Waals surface area contributed by atoms with Gasteiger partial charge in [0.25, 0.3) is 0 Å². The molecule has 0 spiro atoms. The fourth-order valence-electron chi connectivity index (χ4n) is 0.841. The van der Waals surface area contributed by atoms with E-state index in [1.54, 1.807) is 11.9 Å². The highest BCUT2D eigenvalue weighted by Crippen LogP contribution is 2.10. The summed E-state index contributed by atoms with van der Waals surface area (Å²) < 4.78 is 0. The molecule has 0 aliphatic carbocycles. The molecule has 0 aliphatic rings. The van der Waals surface area contributed by atoms with Gasteiger partial charge in [0.2, 0.25) is 6.41 Å². The molecule has 0 unspecified atom stereocenters. The Morgan fingerprint density at radius 2 is 1.82 bits per heavy atom. The van der Waals surface area contributed by atoms with Crippen molar-refractivity contribution < 1.29 is 4.79 Å². The number of anilines is 1. The third kappa shape index (κ3) is 1.80. The smallest absolute Gasteiger partial charge is 0.213 e. The molecule has 1 rings (SSSR count). The molecule has 0 heterocycles. The van der Waals surface area contributed by atoms with E-state index in [2.05, 4.69) is 0 Å². The Labute approximate surface area is 66.4 Å². The lowest BCUT2D eigenvalue weighted by atomic mass is 10.2. The predicted molar refractivity (Wildman–Crippen MR) is 45.6 cm³/mol. The zero-order valence-electron chi connectivity index (χ0n) is 6.74. The number of aryl methyl sites for hydroxylation is 1. The van der Waals surface area contributed by atoms with Gasteiger partial charge in [-0.2, -0.15) is 0 Å². The Balaban J connectivity index is 2.89. The number of carbonyl (C=O) groups is 1. The molecule has 0 saturated heterocycles. The molecule has 0 radical (unpaired) electrons. The van der Waals surface area contributed by atoms with Crippen LogP contribution in [-0.2, 0) is 4.79 Å². The summed E-state index contributed by atoms with van der Waals surface area (Å²) >= 11 is 0. The van der Waals surface area contributed by atoms with Crippen LogP contribution in [0.3, 0.4) is 0 Å². The average Bonchev–Trinajstić information content (AvgIpc) is 2.05. The van der Waals surface area contributed by atoms with Crippen molar-refractivity contribution >= 4 is 12.1 Å². The summed E-state index contributed by atoms with van der Waals surface area (Å²) in [7, 11) is 1.73. The van der Waals surface area contributed by atoms with Crippen molar-refractivity contribution in [1.29, 1.82) is 0 Å². The van der Waals surface area contributed by atoms with Crippen molar-refractivity contribution in [3.05, 3.63) is 29.8 Å². The first kappa shape index (κ1) is 7.79. The Hall–Kier alpha value is -1.31. The number of hydrogen-bond acceptors (Lipinski definition) is 1. The van der Waals surface area contributed by atoms with E-state index < -0.39 is 0 Å². The number of amides is 1. The first-order chi connectivity index (χ1) is 5.24. The van der Waals surface area contributed by atoms with E-state index in [4.69, 9.17) is 0 Å². The first-order valence-corrected chi connectivity index (χ1v) is 3.49. The lowest BCUT2D eigenvalue weighted by Crippen LogP contribution is -2.13. The van der Waals surface area contributed by atoms with Gasteiger partial charge in [-0.3, -0.25) is 4.79 Å². The van der Waals surface area contributed by atoms with Gasteiger partial charge >= 0.3 is 0 Å². The predicted octanol–water partition coefficient (Wildman–Crippen LogP) is 1.59. The highest BCUT2D eigenvalue weighted by molar-refractivity contribution is 5.73. The molecule has 0 aromatic heterocycles. The van der Waals surface area contributed by atoms with E-state index in [1.807, 2.05) is 31.2 Å². The number of nitrogens with zero attached hydrogens (tertiary/aromatic N) is 1. The Bertz CT molecular complexity index is 240. The Kier molecular flexibility index (Phi) is 2.26. The van der Waals surface area contributed by atoms with E-state index in [-0.39, 0.29) is 0 Å². The molecule has 0 aliphatic heterocycles. The number of rotatable bonds is 2. The van der Waals surface area contributed by atoms with Gasteiger partial charge in [0.1, 0.15) is 0 Å². The van der Waals surface area contributed by atoms with Crippen LogP contribution in [0.4, 0.5) is 5.69 Å². The van der Waals surface area contributed by atoms with E-state index in [9.17, 15) is 4.79 Å². The van der Waals surface area contributed by atoms with E-state index >= 15 is 0 Å². The molecule has 2 nitrogen and oxygen atoms in total. The summed E-state index contributed by atoms with van der Waals surface area (Å²) in [4.78, 5) is 11.9. The van der Waals surface area contributed by atoms with Crippen molar-refractivity contribution in [3.63, 3.8) is 0 Å². The fourth-order valence-corrected chi connectivity index (χ4v) is 0.841. The highest BCUT2D eigenvalue weighted by atomic mass is 16.1. The topological polar surface area (TPSA) is 20.3 Å². The second-order valence-corrected chi connectivity index (χ2v) is 2.55. The van der Waals surface area contributed by atoms with Crippen LogP contribution in [0.5, 0.6) is 0 Å². The molecule has 0 saturated carbocycles. The second kappa shape index (κ2) is 3.19. The van der Waals surface area contributed by atoms with Gasteiger partial charge in [-0.05, 0) is 19.1 Å². The molecule has 1 amide bonds. The molecule has 0 fully saturated rings. The Morgan fingerprint density at radius 1 is 1.27 bits per heavy atom. The van der Waals surface area contributed by atoms with Crippen LogP contribution in [0.1, 0.15) is 5.56 Å². The van der Waals surface area contributed by atoms with Gasteiger partial charge in [-0.25, -0.2) is 0 Å². The number of carbonyl (C=O) groups excluding carboxylic acids is 1. The summed E-state index contributed by atoms with van der Waals surface area (Å²) in [5.74, 6) is 0. The van der Waals surface area contributed by atoms with Gasteiger partial charge in [-0.15, -0.1) is 0 Å². The SMILES string of the molecule is Cc1ccc(N(C)C=O)cc1. The maximum absolute atomic E-state index is 10.3. The van der Waals surface area contributed by atoms with Crippen molar-refractivity contribution in [1.82, 2.24) is 0 Å². The van der Waals surface area contributed by atoms with Crippen LogP contribution in [-0.4, -0.2) is 13.5 Å². The maximum atomic E-state index is 10.3. The first-order valence-electron chi connectivity index (χ1n) is 3.49. The summed E-state index contributed by atoms with van der Waals surface area (Å²) in [5, 5.41) is 0. The number of benzene rings is 1.